The molecule has 1 heterocycles. The third-order valence-electron chi connectivity index (χ3n) is 4.59. The van der Waals surface area contributed by atoms with Crippen LogP contribution in [0, 0.1) is 11.6 Å². The number of amides is 1. The minimum atomic E-state index is -1.15. The second-order valence-corrected chi connectivity index (χ2v) is 6.80. The topological polar surface area (TPSA) is 70.5 Å². The zero-order valence-electron chi connectivity index (χ0n) is 16.1. The fraction of sp³-hybridized carbons (Fsp3) is 0.174. The van der Waals surface area contributed by atoms with Crippen molar-refractivity contribution >= 4 is 11.9 Å². The van der Waals surface area contributed by atoms with Crippen molar-refractivity contribution in [2.45, 2.75) is 12.8 Å². The first-order chi connectivity index (χ1) is 14.4. The highest BCUT2D eigenvalue weighted by Crippen LogP contribution is 2.13. The lowest BCUT2D eigenvalue weighted by Crippen LogP contribution is -2.37. The Morgan fingerprint density at radius 3 is 2.33 bits per heavy atom. The second kappa shape index (κ2) is 9.73. The van der Waals surface area contributed by atoms with E-state index in [1.165, 1.54) is 24.4 Å². The van der Waals surface area contributed by atoms with E-state index in [1.807, 2.05) is 0 Å². The Balaban J connectivity index is 1.69. The average molecular weight is 410 g/mol. The van der Waals surface area contributed by atoms with Crippen LogP contribution in [0.5, 0.6) is 0 Å². The largest absolute Gasteiger partial charge is 0.480 e. The van der Waals surface area contributed by atoms with E-state index < -0.39 is 24.2 Å². The molecule has 0 radical (unpaired) electrons. The number of carbonyl (C=O) groups is 2. The van der Waals surface area contributed by atoms with Gasteiger partial charge in [-0.3, -0.25) is 14.6 Å². The number of halogens is 2. The van der Waals surface area contributed by atoms with E-state index in [0.717, 1.165) is 10.5 Å². The lowest BCUT2D eigenvalue weighted by Gasteiger charge is -2.21. The van der Waals surface area contributed by atoms with E-state index in [1.54, 1.807) is 42.5 Å². The van der Waals surface area contributed by atoms with Crippen LogP contribution in [0.15, 0.2) is 66.9 Å². The van der Waals surface area contributed by atoms with Crippen LogP contribution in [0.2, 0.25) is 0 Å². The van der Waals surface area contributed by atoms with Gasteiger partial charge in [0.05, 0.1) is 5.56 Å². The zero-order valence-corrected chi connectivity index (χ0v) is 16.1. The fourth-order valence-corrected chi connectivity index (χ4v) is 3.02. The minimum Gasteiger partial charge on any atom is -0.480 e. The fourth-order valence-electron chi connectivity index (χ4n) is 3.02. The molecule has 0 fully saturated rings. The number of hydrogen-bond donors (Lipinski definition) is 1. The summed E-state index contributed by atoms with van der Waals surface area (Å²) in [5.74, 6) is -2.36. The van der Waals surface area contributed by atoms with E-state index in [-0.39, 0.29) is 24.3 Å². The maximum absolute atomic E-state index is 13.8. The number of aromatic nitrogens is 1. The van der Waals surface area contributed by atoms with Crippen molar-refractivity contribution in [2.24, 2.45) is 0 Å². The highest BCUT2D eigenvalue weighted by atomic mass is 19.1. The molecular weight excluding hydrogens is 390 g/mol. The summed E-state index contributed by atoms with van der Waals surface area (Å²) in [7, 11) is 0. The van der Waals surface area contributed by atoms with Crippen molar-refractivity contribution in [3.8, 4) is 0 Å². The number of rotatable bonds is 8. The summed E-state index contributed by atoms with van der Waals surface area (Å²) in [4.78, 5) is 29.4. The highest BCUT2D eigenvalue weighted by Gasteiger charge is 2.19. The lowest BCUT2D eigenvalue weighted by atomic mass is 10.1. The monoisotopic (exact) mass is 410 g/mol. The maximum Gasteiger partial charge on any atom is 0.323 e. The predicted octanol–water partition coefficient (Wildman–Crippen LogP) is 3.72. The van der Waals surface area contributed by atoms with Crippen molar-refractivity contribution in [2.75, 3.05) is 13.1 Å². The van der Waals surface area contributed by atoms with Gasteiger partial charge in [-0.2, -0.15) is 0 Å². The Bertz CT molecular complexity index is 1020. The molecule has 0 unspecified atom stereocenters. The van der Waals surface area contributed by atoms with Crippen LogP contribution in [-0.4, -0.2) is 40.0 Å². The summed E-state index contributed by atoms with van der Waals surface area (Å²) in [5, 5.41) is 9.15. The van der Waals surface area contributed by atoms with Crippen molar-refractivity contribution in [3.63, 3.8) is 0 Å². The van der Waals surface area contributed by atoms with Gasteiger partial charge in [0.1, 0.15) is 18.2 Å². The number of carboxylic acid groups (broad SMARTS) is 1. The van der Waals surface area contributed by atoms with E-state index >= 15 is 0 Å². The Labute approximate surface area is 172 Å². The minimum absolute atomic E-state index is 0.0589. The van der Waals surface area contributed by atoms with E-state index in [9.17, 15) is 18.4 Å². The van der Waals surface area contributed by atoms with Gasteiger partial charge in [0.15, 0.2) is 0 Å². The first-order valence-corrected chi connectivity index (χ1v) is 9.36. The number of nitrogens with zero attached hydrogens (tertiary/aromatic N) is 2. The van der Waals surface area contributed by atoms with Gasteiger partial charge < -0.3 is 10.0 Å². The Morgan fingerprint density at radius 1 is 0.967 bits per heavy atom. The van der Waals surface area contributed by atoms with Crippen LogP contribution in [0.25, 0.3) is 0 Å². The Kier molecular flexibility index (Phi) is 6.85. The number of aliphatic carboxylic acids is 1. The van der Waals surface area contributed by atoms with Crippen molar-refractivity contribution in [3.05, 3.63) is 101 Å². The standard InChI is InChI=1S/C23H20F2N2O3/c24-19-8-5-16(6-9-19)13-20-10-7-18(14-26-20)23(30)27(15-22(28)29)12-11-17-3-1-2-4-21(17)25/h1-10,14H,11-13,15H2,(H,28,29). The molecule has 3 aromatic rings. The molecule has 0 atom stereocenters. The maximum atomic E-state index is 13.8. The summed E-state index contributed by atoms with van der Waals surface area (Å²) in [6, 6.07) is 15.5. The van der Waals surface area contributed by atoms with Gasteiger partial charge in [-0.15, -0.1) is 0 Å². The summed E-state index contributed by atoms with van der Waals surface area (Å²) >= 11 is 0. The van der Waals surface area contributed by atoms with Gasteiger partial charge in [0, 0.05) is 24.9 Å². The van der Waals surface area contributed by atoms with Crippen molar-refractivity contribution < 1.29 is 23.5 Å². The van der Waals surface area contributed by atoms with Crippen LogP contribution < -0.4 is 0 Å². The summed E-state index contributed by atoms with van der Waals surface area (Å²) < 4.78 is 26.8. The van der Waals surface area contributed by atoms with E-state index in [0.29, 0.717) is 17.7 Å². The molecule has 0 saturated carbocycles. The summed E-state index contributed by atoms with van der Waals surface area (Å²) in [5.41, 5.74) is 2.22. The molecule has 2 aromatic carbocycles. The van der Waals surface area contributed by atoms with E-state index in [4.69, 9.17) is 5.11 Å². The molecular formula is C23H20F2N2O3. The molecule has 0 aliphatic rings. The highest BCUT2D eigenvalue weighted by molar-refractivity contribution is 5.95. The van der Waals surface area contributed by atoms with Gasteiger partial charge in [0.2, 0.25) is 0 Å². The molecule has 5 nitrogen and oxygen atoms in total. The molecule has 0 saturated heterocycles. The SMILES string of the molecule is O=C(O)CN(CCc1ccccc1F)C(=O)c1ccc(Cc2ccc(F)cc2)nc1. The number of carboxylic acids is 1. The molecule has 30 heavy (non-hydrogen) atoms. The van der Waals surface area contributed by atoms with Gasteiger partial charge in [-0.1, -0.05) is 30.3 Å². The molecule has 154 valence electrons. The van der Waals surface area contributed by atoms with Crippen LogP contribution >= 0.6 is 0 Å². The van der Waals surface area contributed by atoms with Crippen molar-refractivity contribution in [1.82, 2.24) is 9.88 Å². The second-order valence-electron chi connectivity index (χ2n) is 6.80. The summed E-state index contributed by atoms with van der Waals surface area (Å²) in [6.07, 6.45) is 2.06. The van der Waals surface area contributed by atoms with Gasteiger partial charge in [-0.25, -0.2) is 8.78 Å². The quantitative estimate of drug-likeness (QED) is 0.615. The lowest BCUT2D eigenvalue weighted by molar-refractivity contribution is -0.137. The Morgan fingerprint density at radius 2 is 1.70 bits per heavy atom. The molecule has 0 spiro atoms. The zero-order chi connectivity index (χ0) is 21.5. The van der Waals surface area contributed by atoms with Gasteiger partial charge in [-0.05, 0) is 47.9 Å². The molecule has 0 bridgehead atoms. The van der Waals surface area contributed by atoms with Crippen LogP contribution in [0.4, 0.5) is 8.78 Å². The third kappa shape index (κ3) is 5.70. The molecule has 1 N–H and O–H groups in total. The first kappa shape index (κ1) is 21.1. The number of benzene rings is 2. The number of hydrogen-bond acceptors (Lipinski definition) is 3. The number of carbonyl (C=O) groups excluding carboxylic acids is 1. The first-order valence-electron chi connectivity index (χ1n) is 9.36. The number of pyridine rings is 1. The molecule has 0 aliphatic heterocycles. The molecule has 0 aliphatic carbocycles. The molecule has 1 aromatic heterocycles. The summed E-state index contributed by atoms with van der Waals surface area (Å²) in [6.45, 7) is -0.436. The van der Waals surface area contributed by atoms with Crippen LogP contribution in [0.3, 0.4) is 0 Å². The van der Waals surface area contributed by atoms with Gasteiger partial charge in [0.25, 0.3) is 5.91 Å². The van der Waals surface area contributed by atoms with Crippen LogP contribution in [-0.2, 0) is 17.6 Å². The molecule has 3 rings (SSSR count). The normalized spacial score (nSPS) is 10.6. The predicted molar refractivity (Wildman–Crippen MR) is 107 cm³/mol. The van der Waals surface area contributed by atoms with Crippen molar-refractivity contribution in [1.29, 1.82) is 0 Å². The smallest absolute Gasteiger partial charge is 0.323 e. The van der Waals surface area contributed by atoms with Gasteiger partial charge >= 0.3 is 5.97 Å². The van der Waals surface area contributed by atoms with Crippen LogP contribution in [0.1, 0.15) is 27.2 Å². The van der Waals surface area contributed by atoms with E-state index in [2.05, 4.69) is 4.98 Å². The molecule has 7 heteroatoms. The Hall–Kier alpha value is -3.61. The average Bonchev–Trinajstić information content (AvgIpc) is 2.73. The molecule has 1 amide bonds. The third-order valence-corrected chi connectivity index (χ3v) is 4.59.